The van der Waals surface area contributed by atoms with Crippen molar-refractivity contribution >= 4 is 26.5 Å². The van der Waals surface area contributed by atoms with E-state index in [0.717, 1.165) is 18.5 Å². The number of sulfonamides is 1. The Morgan fingerprint density at radius 2 is 2.25 bits per heavy atom. The maximum Gasteiger partial charge on any atom is 0.265 e. The highest BCUT2D eigenvalue weighted by Crippen LogP contribution is 2.37. The molecule has 0 amide bonds. The molecule has 0 spiro atoms. The number of aromatic nitrogens is 3. The van der Waals surface area contributed by atoms with Crippen molar-refractivity contribution in [2.75, 3.05) is 4.72 Å². The van der Waals surface area contributed by atoms with Crippen molar-refractivity contribution in [2.45, 2.75) is 37.2 Å². The summed E-state index contributed by atoms with van der Waals surface area (Å²) < 4.78 is 29.0. The number of hydrogen-bond donors (Lipinski definition) is 2. The Labute approximate surface area is 120 Å². The quantitative estimate of drug-likeness (QED) is 0.864. The van der Waals surface area contributed by atoms with Crippen LogP contribution in [0.1, 0.15) is 29.6 Å². The van der Waals surface area contributed by atoms with Crippen LogP contribution in [0.4, 0.5) is 5.13 Å². The normalized spacial score (nSPS) is 15.5. The standard InChI is InChI=1S/C11H15N5O2S2/c1-7-13-14-11(19-7)15-20(17,18)10-4-9(5-12)16(6-10)8-2-3-8/h4,6,8H,2-3,5,12H2,1H3,(H,14,15). The van der Waals surface area contributed by atoms with E-state index in [-0.39, 0.29) is 10.0 Å². The van der Waals surface area contributed by atoms with E-state index in [4.69, 9.17) is 5.73 Å². The van der Waals surface area contributed by atoms with Crippen LogP contribution in [0.25, 0.3) is 0 Å². The van der Waals surface area contributed by atoms with Gasteiger partial charge in [-0.05, 0) is 25.8 Å². The zero-order chi connectivity index (χ0) is 14.3. The first-order chi connectivity index (χ1) is 9.49. The summed E-state index contributed by atoms with van der Waals surface area (Å²) in [6.07, 6.45) is 3.80. The van der Waals surface area contributed by atoms with Crippen molar-refractivity contribution in [3.63, 3.8) is 0 Å². The number of hydrogen-bond acceptors (Lipinski definition) is 6. The molecule has 2 heterocycles. The Morgan fingerprint density at radius 3 is 2.80 bits per heavy atom. The highest BCUT2D eigenvalue weighted by molar-refractivity contribution is 7.93. The topological polar surface area (TPSA) is 103 Å². The molecule has 2 aromatic heterocycles. The van der Waals surface area contributed by atoms with E-state index in [1.165, 1.54) is 11.3 Å². The van der Waals surface area contributed by atoms with Gasteiger partial charge in [0.05, 0.1) is 0 Å². The molecule has 2 aromatic rings. The Hall–Kier alpha value is -1.45. The minimum Gasteiger partial charge on any atom is -0.346 e. The summed E-state index contributed by atoms with van der Waals surface area (Å²) in [6, 6.07) is 2.01. The van der Waals surface area contributed by atoms with Crippen LogP contribution in [0.5, 0.6) is 0 Å². The van der Waals surface area contributed by atoms with Crippen LogP contribution in [0, 0.1) is 6.92 Å². The molecule has 1 saturated carbocycles. The van der Waals surface area contributed by atoms with Crippen molar-refractivity contribution in [3.05, 3.63) is 23.0 Å². The number of aryl methyl sites for hydroxylation is 1. The van der Waals surface area contributed by atoms with Crippen LogP contribution >= 0.6 is 11.3 Å². The van der Waals surface area contributed by atoms with Crippen LogP contribution in [0.3, 0.4) is 0 Å². The smallest absolute Gasteiger partial charge is 0.265 e. The summed E-state index contributed by atoms with van der Waals surface area (Å²) in [6.45, 7) is 2.09. The second kappa shape index (κ2) is 4.83. The van der Waals surface area contributed by atoms with Crippen molar-refractivity contribution in [1.82, 2.24) is 14.8 Å². The molecule has 7 nitrogen and oxygen atoms in total. The second-order valence-electron chi connectivity index (χ2n) is 4.74. The lowest BCUT2D eigenvalue weighted by atomic mass is 10.4. The molecule has 0 saturated heterocycles. The van der Waals surface area contributed by atoms with Crippen LogP contribution < -0.4 is 10.5 Å². The van der Waals surface area contributed by atoms with Gasteiger partial charge >= 0.3 is 0 Å². The Balaban J connectivity index is 1.90. The minimum absolute atomic E-state index is 0.220. The minimum atomic E-state index is -3.64. The molecule has 0 unspecified atom stereocenters. The second-order valence-corrected chi connectivity index (χ2v) is 7.61. The molecule has 1 fully saturated rings. The van der Waals surface area contributed by atoms with Gasteiger partial charge in [0.2, 0.25) is 5.13 Å². The van der Waals surface area contributed by atoms with Gasteiger partial charge in [0, 0.05) is 24.5 Å². The third-order valence-corrected chi connectivity index (χ3v) is 5.30. The van der Waals surface area contributed by atoms with Crippen molar-refractivity contribution < 1.29 is 8.42 Å². The van der Waals surface area contributed by atoms with Crippen LogP contribution in [0.2, 0.25) is 0 Å². The molecular formula is C11H15N5O2S2. The highest BCUT2D eigenvalue weighted by atomic mass is 32.2. The van der Waals surface area contributed by atoms with E-state index in [1.807, 2.05) is 4.57 Å². The predicted molar refractivity (Wildman–Crippen MR) is 76.0 cm³/mol. The zero-order valence-corrected chi connectivity index (χ0v) is 12.5. The van der Waals surface area contributed by atoms with Gasteiger partial charge in [0.15, 0.2) is 0 Å². The lowest BCUT2D eigenvalue weighted by Crippen LogP contribution is -2.12. The summed E-state index contributed by atoms with van der Waals surface area (Å²) in [4.78, 5) is 0.220. The van der Waals surface area contributed by atoms with Crippen LogP contribution in [-0.4, -0.2) is 23.2 Å². The largest absolute Gasteiger partial charge is 0.346 e. The lowest BCUT2D eigenvalue weighted by Gasteiger charge is -2.03. The fourth-order valence-corrected chi connectivity index (χ4v) is 3.88. The Morgan fingerprint density at radius 1 is 1.50 bits per heavy atom. The molecule has 20 heavy (non-hydrogen) atoms. The SMILES string of the molecule is Cc1nnc(NS(=O)(=O)c2cc(CN)n(C3CC3)c2)s1. The number of nitrogens with zero attached hydrogens (tertiary/aromatic N) is 3. The summed E-state index contributed by atoms with van der Waals surface area (Å²) in [7, 11) is -3.64. The van der Waals surface area contributed by atoms with Crippen molar-refractivity contribution in [1.29, 1.82) is 0 Å². The summed E-state index contributed by atoms with van der Waals surface area (Å²) in [5.41, 5.74) is 6.51. The molecule has 0 atom stereocenters. The number of nitrogens with two attached hydrogens (primary N) is 1. The summed E-state index contributed by atoms with van der Waals surface area (Å²) >= 11 is 1.20. The average Bonchev–Trinajstić information content (AvgIpc) is 3.01. The third-order valence-electron chi connectivity index (χ3n) is 3.11. The third kappa shape index (κ3) is 2.56. The Kier molecular flexibility index (Phi) is 3.27. The van der Waals surface area contributed by atoms with E-state index in [0.29, 0.717) is 17.6 Å². The molecule has 0 radical (unpaired) electrons. The molecule has 0 bridgehead atoms. The molecule has 0 aromatic carbocycles. The van der Waals surface area contributed by atoms with Gasteiger partial charge in [0.25, 0.3) is 10.0 Å². The highest BCUT2D eigenvalue weighted by Gasteiger charge is 2.28. The summed E-state index contributed by atoms with van der Waals surface area (Å²) in [5, 5.41) is 8.54. The van der Waals surface area contributed by atoms with Crippen LogP contribution in [-0.2, 0) is 16.6 Å². The maximum atomic E-state index is 12.3. The van der Waals surface area contributed by atoms with Gasteiger partial charge in [-0.3, -0.25) is 4.72 Å². The van der Waals surface area contributed by atoms with E-state index in [9.17, 15) is 8.42 Å². The van der Waals surface area contributed by atoms with E-state index < -0.39 is 10.0 Å². The van der Waals surface area contributed by atoms with E-state index in [2.05, 4.69) is 14.9 Å². The fraction of sp³-hybridized carbons (Fsp3) is 0.455. The molecule has 0 aliphatic heterocycles. The van der Waals surface area contributed by atoms with Gasteiger partial charge in [0.1, 0.15) is 9.90 Å². The van der Waals surface area contributed by atoms with Gasteiger partial charge in [-0.25, -0.2) is 8.42 Å². The van der Waals surface area contributed by atoms with Crippen molar-refractivity contribution in [2.24, 2.45) is 5.73 Å². The van der Waals surface area contributed by atoms with Crippen LogP contribution in [0.15, 0.2) is 17.2 Å². The van der Waals surface area contributed by atoms with Gasteiger partial charge in [-0.1, -0.05) is 11.3 Å². The first-order valence-corrected chi connectivity index (χ1v) is 8.53. The van der Waals surface area contributed by atoms with Gasteiger partial charge < -0.3 is 10.3 Å². The molecule has 9 heteroatoms. The van der Waals surface area contributed by atoms with E-state index in [1.54, 1.807) is 19.2 Å². The maximum absolute atomic E-state index is 12.3. The summed E-state index contributed by atoms with van der Waals surface area (Å²) in [5.74, 6) is 0. The monoisotopic (exact) mass is 313 g/mol. The fourth-order valence-electron chi connectivity index (χ4n) is 2.01. The molecular weight excluding hydrogens is 298 g/mol. The number of rotatable bonds is 5. The first kappa shape index (κ1) is 13.5. The average molecular weight is 313 g/mol. The zero-order valence-electron chi connectivity index (χ0n) is 10.9. The number of anilines is 1. The Bertz CT molecular complexity index is 730. The molecule has 3 rings (SSSR count). The molecule has 1 aliphatic rings. The first-order valence-electron chi connectivity index (χ1n) is 6.23. The molecule has 1 aliphatic carbocycles. The molecule has 108 valence electrons. The lowest BCUT2D eigenvalue weighted by molar-refractivity contribution is 0.600. The van der Waals surface area contributed by atoms with Gasteiger partial charge in [-0.2, -0.15) is 0 Å². The van der Waals surface area contributed by atoms with Crippen molar-refractivity contribution in [3.8, 4) is 0 Å². The van der Waals surface area contributed by atoms with Gasteiger partial charge in [-0.15, -0.1) is 10.2 Å². The molecule has 3 N–H and O–H groups in total. The number of nitrogens with one attached hydrogen (secondary N) is 1. The van der Waals surface area contributed by atoms with E-state index >= 15 is 0 Å². The predicted octanol–water partition coefficient (Wildman–Crippen LogP) is 1.24.